The lowest BCUT2D eigenvalue weighted by Gasteiger charge is -2.10. The van der Waals surface area contributed by atoms with Gasteiger partial charge in [-0.15, -0.1) is 11.6 Å². The normalized spacial score (nSPS) is 12.7. The van der Waals surface area contributed by atoms with E-state index in [0.717, 1.165) is 11.1 Å². The van der Waals surface area contributed by atoms with Gasteiger partial charge in [0.25, 0.3) is 0 Å². The third-order valence-electron chi connectivity index (χ3n) is 2.49. The van der Waals surface area contributed by atoms with Crippen molar-refractivity contribution in [3.8, 4) is 0 Å². The van der Waals surface area contributed by atoms with Gasteiger partial charge in [0, 0.05) is 5.56 Å². The highest BCUT2D eigenvalue weighted by Crippen LogP contribution is 2.28. The molecule has 2 rings (SSSR count). The molecule has 3 heteroatoms. The maximum atomic E-state index is 13.6. The van der Waals surface area contributed by atoms with E-state index in [1.165, 1.54) is 6.07 Å². The zero-order valence-electron chi connectivity index (χ0n) is 8.91. The van der Waals surface area contributed by atoms with E-state index in [1.54, 1.807) is 17.4 Å². The van der Waals surface area contributed by atoms with Crippen molar-refractivity contribution in [1.82, 2.24) is 0 Å². The summed E-state index contributed by atoms with van der Waals surface area (Å²) in [4.78, 5) is 0. The van der Waals surface area contributed by atoms with E-state index in [4.69, 9.17) is 11.6 Å². The van der Waals surface area contributed by atoms with Gasteiger partial charge in [-0.05, 0) is 47.4 Å². The SMILES string of the molecule is Cc1ccc(C(Cl)Cc2ccsc2)c(F)c1. The molecule has 0 spiro atoms. The molecule has 0 amide bonds. The standard InChI is InChI=1S/C13H12ClFS/c1-9-2-3-11(13(15)6-9)12(14)7-10-4-5-16-8-10/h2-6,8,12H,7H2,1H3. The van der Waals surface area contributed by atoms with Crippen LogP contribution in [0.4, 0.5) is 4.39 Å². The molecule has 84 valence electrons. The van der Waals surface area contributed by atoms with Crippen molar-refractivity contribution in [3.63, 3.8) is 0 Å². The van der Waals surface area contributed by atoms with E-state index in [9.17, 15) is 4.39 Å². The molecular weight excluding hydrogens is 243 g/mol. The number of hydrogen-bond donors (Lipinski definition) is 0. The van der Waals surface area contributed by atoms with Gasteiger partial charge >= 0.3 is 0 Å². The molecule has 1 aromatic heterocycles. The summed E-state index contributed by atoms with van der Waals surface area (Å²) < 4.78 is 13.6. The third kappa shape index (κ3) is 2.63. The maximum Gasteiger partial charge on any atom is 0.128 e. The van der Waals surface area contributed by atoms with Crippen LogP contribution in [0.1, 0.15) is 22.1 Å². The molecule has 0 bridgehead atoms. The Morgan fingerprint density at radius 3 is 2.81 bits per heavy atom. The number of benzene rings is 1. The first-order valence-corrected chi connectivity index (χ1v) is 6.46. The van der Waals surface area contributed by atoms with Crippen LogP contribution >= 0.6 is 22.9 Å². The quantitative estimate of drug-likeness (QED) is 0.696. The van der Waals surface area contributed by atoms with E-state index >= 15 is 0 Å². The fourth-order valence-corrected chi connectivity index (χ4v) is 2.65. The van der Waals surface area contributed by atoms with Crippen LogP contribution < -0.4 is 0 Å². The molecule has 0 fully saturated rings. The van der Waals surface area contributed by atoms with Crippen molar-refractivity contribution >= 4 is 22.9 Å². The molecular formula is C13H12ClFS. The van der Waals surface area contributed by atoms with Gasteiger partial charge in [0.1, 0.15) is 5.82 Å². The lowest BCUT2D eigenvalue weighted by Crippen LogP contribution is -1.98. The zero-order chi connectivity index (χ0) is 11.5. The molecule has 1 heterocycles. The van der Waals surface area contributed by atoms with Crippen LogP contribution in [-0.2, 0) is 6.42 Å². The summed E-state index contributed by atoms with van der Waals surface area (Å²) in [6, 6.07) is 7.21. The molecule has 0 N–H and O–H groups in total. The topological polar surface area (TPSA) is 0 Å². The molecule has 0 radical (unpaired) electrons. The second-order valence-corrected chi connectivity index (χ2v) is 5.14. The Morgan fingerprint density at radius 2 is 2.19 bits per heavy atom. The number of aryl methyl sites for hydroxylation is 1. The molecule has 1 atom stereocenters. The number of halogens is 2. The Bertz CT molecular complexity index is 465. The summed E-state index contributed by atoms with van der Waals surface area (Å²) in [5.74, 6) is -0.213. The number of rotatable bonds is 3. The first kappa shape index (κ1) is 11.6. The fraction of sp³-hybridized carbons (Fsp3) is 0.231. The molecule has 2 aromatic rings. The summed E-state index contributed by atoms with van der Waals surface area (Å²) >= 11 is 7.85. The molecule has 0 saturated carbocycles. The fourth-order valence-electron chi connectivity index (χ4n) is 1.61. The van der Waals surface area contributed by atoms with Crippen molar-refractivity contribution in [1.29, 1.82) is 0 Å². The van der Waals surface area contributed by atoms with E-state index in [0.29, 0.717) is 12.0 Å². The highest BCUT2D eigenvalue weighted by molar-refractivity contribution is 7.07. The predicted octanol–water partition coefficient (Wildman–Crippen LogP) is 4.72. The van der Waals surface area contributed by atoms with Crippen molar-refractivity contribution in [2.75, 3.05) is 0 Å². The van der Waals surface area contributed by atoms with Crippen LogP contribution in [-0.4, -0.2) is 0 Å². The molecule has 16 heavy (non-hydrogen) atoms. The van der Waals surface area contributed by atoms with Crippen molar-refractivity contribution in [2.45, 2.75) is 18.7 Å². The second kappa shape index (κ2) is 4.98. The monoisotopic (exact) mass is 254 g/mol. The number of thiophene rings is 1. The first-order chi connectivity index (χ1) is 7.66. The summed E-state index contributed by atoms with van der Waals surface area (Å²) in [5.41, 5.74) is 2.66. The minimum absolute atomic E-state index is 0.213. The van der Waals surface area contributed by atoms with Crippen LogP contribution in [0.2, 0.25) is 0 Å². The van der Waals surface area contributed by atoms with E-state index in [1.807, 2.05) is 29.8 Å². The summed E-state index contributed by atoms with van der Waals surface area (Å²) in [6.45, 7) is 1.87. The highest BCUT2D eigenvalue weighted by Gasteiger charge is 2.13. The Labute approximate surface area is 104 Å². The van der Waals surface area contributed by atoms with Crippen molar-refractivity contribution < 1.29 is 4.39 Å². The number of alkyl halides is 1. The molecule has 0 aliphatic heterocycles. The van der Waals surface area contributed by atoms with Gasteiger partial charge in [-0.1, -0.05) is 12.1 Å². The summed E-state index contributed by atoms with van der Waals surface area (Å²) in [5, 5.41) is 3.75. The zero-order valence-corrected chi connectivity index (χ0v) is 10.5. The van der Waals surface area contributed by atoms with Crippen LogP contribution in [0.3, 0.4) is 0 Å². The Hall–Kier alpha value is -0.860. The third-order valence-corrected chi connectivity index (χ3v) is 3.61. The Kier molecular flexibility index (Phi) is 3.62. The van der Waals surface area contributed by atoms with Gasteiger partial charge < -0.3 is 0 Å². The minimum atomic E-state index is -0.296. The molecule has 1 aromatic carbocycles. The number of hydrogen-bond acceptors (Lipinski definition) is 1. The highest BCUT2D eigenvalue weighted by atomic mass is 35.5. The predicted molar refractivity (Wildman–Crippen MR) is 67.8 cm³/mol. The lowest BCUT2D eigenvalue weighted by molar-refractivity contribution is 0.605. The van der Waals surface area contributed by atoms with Gasteiger partial charge in [-0.2, -0.15) is 11.3 Å². The van der Waals surface area contributed by atoms with Crippen LogP contribution in [0, 0.1) is 12.7 Å². The van der Waals surface area contributed by atoms with E-state index < -0.39 is 0 Å². The lowest BCUT2D eigenvalue weighted by atomic mass is 10.0. The van der Waals surface area contributed by atoms with Gasteiger partial charge in [0.05, 0.1) is 5.38 Å². The molecule has 0 aliphatic rings. The van der Waals surface area contributed by atoms with Gasteiger partial charge in [-0.25, -0.2) is 4.39 Å². The molecule has 1 unspecified atom stereocenters. The molecule has 0 nitrogen and oxygen atoms in total. The van der Waals surface area contributed by atoms with E-state index in [2.05, 4.69) is 0 Å². The van der Waals surface area contributed by atoms with Crippen molar-refractivity contribution in [2.24, 2.45) is 0 Å². The summed E-state index contributed by atoms with van der Waals surface area (Å²) in [6.07, 6.45) is 0.672. The average Bonchev–Trinajstić information content (AvgIpc) is 2.70. The second-order valence-electron chi connectivity index (χ2n) is 3.83. The maximum absolute atomic E-state index is 13.6. The van der Waals surface area contributed by atoms with Crippen LogP contribution in [0.5, 0.6) is 0 Å². The van der Waals surface area contributed by atoms with Crippen LogP contribution in [0.15, 0.2) is 35.0 Å². The van der Waals surface area contributed by atoms with Gasteiger partial charge in [0.15, 0.2) is 0 Å². The van der Waals surface area contributed by atoms with Gasteiger partial charge in [-0.3, -0.25) is 0 Å². The largest absolute Gasteiger partial charge is 0.207 e. The van der Waals surface area contributed by atoms with E-state index in [-0.39, 0.29) is 11.2 Å². The molecule has 0 saturated heterocycles. The Balaban J connectivity index is 2.17. The minimum Gasteiger partial charge on any atom is -0.207 e. The first-order valence-electron chi connectivity index (χ1n) is 5.08. The average molecular weight is 255 g/mol. The Morgan fingerprint density at radius 1 is 1.38 bits per heavy atom. The van der Waals surface area contributed by atoms with Crippen molar-refractivity contribution in [3.05, 3.63) is 57.5 Å². The molecule has 0 aliphatic carbocycles. The summed E-state index contributed by atoms with van der Waals surface area (Å²) in [7, 11) is 0. The van der Waals surface area contributed by atoms with Gasteiger partial charge in [0.2, 0.25) is 0 Å². The smallest absolute Gasteiger partial charge is 0.128 e. The van der Waals surface area contributed by atoms with Crippen LogP contribution in [0.25, 0.3) is 0 Å².